The Hall–Kier alpha value is -3.08. The Kier molecular flexibility index (Phi) is 4.46. The van der Waals surface area contributed by atoms with Gasteiger partial charge in [-0.3, -0.25) is 9.59 Å². The van der Waals surface area contributed by atoms with Gasteiger partial charge in [0.05, 0.1) is 25.8 Å². The highest BCUT2D eigenvalue weighted by molar-refractivity contribution is 5.83. The maximum Gasteiger partial charge on any atom is 0.250 e. The van der Waals surface area contributed by atoms with Crippen LogP contribution in [0.4, 0.5) is 5.69 Å². The molecule has 1 aliphatic rings. The molecule has 0 saturated carbocycles. The summed E-state index contributed by atoms with van der Waals surface area (Å²) in [7, 11) is 3.24. The van der Waals surface area contributed by atoms with Crippen LogP contribution in [0.1, 0.15) is 29.7 Å². The van der Waals surface area contributed by atoms with Crippen LogP contribution in [-0.2, 0) is 6.42 Å². The minimum atomic E-state index is -0.399. The number of hydrogen-bond donors (Lipinski definition) is 0. The Labute approximate surface area is 163 Å². The average Bonchev–Trinajstić information content (AvgIpc) is 2.72. The van der Waals surface area contributed by atoms with Gasteiger partial charge in [-0.05, 0) is 49.1 Å². The molecule has 5 nitrogen and oxygen atoms in total. The summed E-state index contributed by atoms with van der Waals surface area (Å²) in [6, 6.07) is 11.7. The quantitative estimate of drug-likeness (QED) is 0.653. The van der Waals surface area contributed by atoms with E-state index in [4.69, 9.17) is 9.47 Å². The molecule has 144 valence electrons. The van der Waals surface area contributed by atoms with Crippen molar-refractivity contribution in [2.75, 3.05) is 25.7 Å². The number of ether oxygens (including phenoxy) is 2. The summed E-state index contributed by atoms with van der Waals surface area (Å²) in [6.45, 7) is 4.73. The van der Waals surface area contributed by atoms with Crippen molar-refractivity contribution in [1.82, 2.24) is 0 Å². The predicted molar refractivity (Wildman–Crippen MR) is 111 cm³/mol. The molecule has 0 fully saturated rings. The molecule has 0 N–H and O–H groups in total. The lowest BCUT2D eigenvalue weighted by atomic mass is 9.89. The van der Waals surface area contributed by atoms with Crippen molar-refractivity contribution in [2.45, 2.75) is 26.3 Å². The van der Waals surface area contributed by atoms with Crippen LogP contribution >= 0.6 is 0 Å². The molecule has 3 aromatic carbocycles. The number of rotatable bonds is 4. The van der Waals surface area contributed by atoms with Gasteiger partial charge >= 0.3 is 0 Å². The molecule has 28 heavy (non-hydrogen) atoms. The van der Waals surface area contributed by atoms with Crippen molar-refractivity contribution < 1.29 is 9.47 Å². The second kappa shape index (κ2) is 6.82. The minimum absolute atomic E-state index is 0.0453. The zero-order valence-electron chi connectivity index (χ0n) is 16.5. The highest BCUT2D eigenvalue weighted by Gasteiger charge is 2.33. The van der Waals surface area contributed by atoms with E-state index in [-0.39, 0.29) is 6.04 Å². The highest BCUT2D eigenvalue weighted by Crippen LogP contribution is 2.41. The fourth-order valence-electron chi connectivity index (χ4n) is 4.09. The summed E-state index contributed by atoms with van der Waals surface area (Å²) < 4.78 is 10.9. The summed E-state index contributed by atoms with van der Waals surface area (Å²) in [5.41, 5.74) is 4.45. The van der Waals surface area contributed by atoms with Crippen molar-refractivity contribution >= 4 is 5.69 Å². The second-order valence-corrected chi connectivity index (χ2v) is 7.27. The number of hydrogen-bond acceptors (Lipinski definition) is 5. The van der Waals surface area contributed by atoms with Gasteiger partial charge in [-0.15, -0.1) is 0 Å². The first-order valence-electron chi connectivity index (χ1n) is 9.38. The molecule has 5 heteroatoms. The van der Waals surface area contributed by atoms with Gasteiger partial charge in [-0.2, -0.15) is 0 Å². The lowest BCUT2D eigenvalue weighted by Crippen LogP contribution is -2.45. The molecule has 1 atom stereocenters. The van der Waals surface area contributed by atoms with Gasteiger partial charge in [0, 0.05) is 6.54 Å². The van der Waals surface area contributed by atoms with Gasteiger partial charge in [-0.25, -0.2) is 0 Å². The van der Waals surface area contributed by atoms with E-state index in [9.17, 15) is 9.59 Å². The Bertz CT molecular complexity index is 1110. The van der Waals surface area contributed by atoms with Crippen LogP contribution < -0.4 is 25.2 Å². The molecule has 0 aromatic heterocycles. The smallest absolute Gasteiger partial charge is 0.250 e. The lowest BCUT2D eigenvalue weighted by Gasteiger charge is -2.38. The van der Waals surface area contributed by atoms with Gasteiger partial charge in [0.2, 0.25) is 10.9 Å². The maximum atomic E-state index is 12.5. The van der Waals surface area contributed by atoms with Gasteiger partial charge in [0.25, 0.3) is 0 Å². The summed E-state index contributed by atoms with van der Waals surface area (Å²) in [5, 5.41) is 0. The molecule has 0 unspecified atom stereocenters. The molecular weight excluding hydrogens is 354 g/mol. The maximum absolute atomic E-state index is 12.5. The predicted octanol–water partition coefficient (Wildman–Crippen LogP) is 3.40. The molecule has 0 spiro atoms. The standard InChI is InChI=1S/C23H23NO4/c1-13-5-7-15(8-6-13)20-21(23(26)22(20)25)24-10-9-16-11-18(27-3)19(28-4)12-17(16)14(24)2/h5-8,11-12,14H,9-10H2,1-4H3/t14-/m0/s1. The third-order valence-corrected chi connectivity index (χ3v) is 5.70. The largest absolute Gasteiger partial charge is 0.493 e. The summed E-state index contributed by atoms with van der Waals surface area (Å²) in [5.74, 6) is 1.37. The van der Waals surface area contributed by atoms with Crippen molar-refractivity contribution in [3.63, 3.8) is 0 Å². The Balaban J connectivity index is 1.77. The minimum Gasteiger partial charge on any atom is -0.493 e. The molecule has 1 aliphatic heterocycles. The van der Waals surface area contributed by atoms with Gasteiger partial charge in [0.1, 0.15) is 5.69 Å². The SMILES string of the molecule is COc1cc2c(cc1OC)[C@H](C)N(c1c(-c3ccc(C)cc3)c(=O)c1=O)CC2. The first kappa shape index (κ1) is 18.3. The van der Waals surface area contributed by atoms with E-state index in [1.54, 1.807) is 14.2 Å². The Morgan fingerprint density at radius 1 is 0.964 bits per heavy atom. The van der Waals surface area contributed by atoms with Crippen molar-refractivity contribution in [3.05, 3.63) is 73.5 Å². The average molecular weight is 377 g/mol. The van der Waals surface area contributed by atoms with Crippen LogP contribution in [0, 0.1) is 6.92 Å². The van der Waals surface area contributed by atoms with Crippen molar-refractivity contribution in [2.24, 2.45) is 0 Å². The van der Waals surface area contributed by atoms with Crippen LogP contribution in [0.15, 0.2) is 46.0 Å². The number of methoxy groups -OCH3 is 2. The summed E-state index contributed by atoms with van der Waals surface area (Å²) in [4.78, 5) is 26.9. The first-order chi connectivity index (χ1) is 13.5. The van der Waals surface area contributed by atoms with Crippen LogP contribution in [0.2, 0.25) is 0 Å². The van der Waals surface area contributed by atoms with Crippen LogP contribution in [0.25, 0.3) is 11.1 Å². The topological polar surface area (TPSA) is 55.8 Å². The number of fused-ring (bicyclic) bond motifs is 1. The third-order valence-electron chi connectivity index (χ3n) is 5.70. The van der Waals surface area contributed by atoms with Crippen LogP contribution in [-0.4, -0.2) is 20.8 Å². The van der Waals surface area contributed by atoms with Crippen molar-refractivity contribution in [3.8, 4) is 22.6 Å². The normalized spacial score (nSPS) is 16.1. The first-order valence-corrected chi connectivity index (χ1v) is 9.38. The van der Waals surface area contributed by atoms with Crippen LogP contribution in [0.3, 0.4) is 0 Å². The van der Waals surface area contributed by atoms with E-state index in [0.717, 1.165) is 23.1 Å². The van der Waals surface area contributed by atoms with Crippen molar-refractivity contribution in [1.29, 1.82) is 0 Å². The number of aryl methyl sites for hydroxylation is 1. The van der Waals surface area contributed by atoms with E-state index in [2.05, 4.69) is 6.92 Å². The second-order valence-electron chi connectivity index (χ2n) is 7.27. The lowest BCUT2D eigenvalue weighted by molar-refractivity contribution is 0.353. The monoisotopic (exact) mass is 377 g/mol. The molecule has 3 aromatic rings. The Morgan fingerprint density at radius 3 is 2.25 bits per heavy atom. The molecule has 0 radical (unpaired) electrons. The van der Waals surface area contributed by atoms with Crippen LogP contribution in [0.5, 0.6) is 11.5 Å². The fraction of sp³-hybridized carbons (Fsp3) is 0.304. The van der Waals surface area contributed by atoms with Gasteiger partial charge in [-0.1, -0.05) is 29.8 Å². The highest BCUT2D eigenvalue weighted by atomic mass is 16.5. The molecule has 0 aliphatic carbocycles. The summed E-state index contributed by atoms with van der Waals surface area (Å²) >= 11 is 0. The van der Waals surface area contributed by atoms with E-state index in [0.29, 0.717) is 29.3 Å². The number of nitrogens with zero attached hydrogens (tertiary/aromatic N) is 1. The summed E-state index contributed by atoms with van der Waals surface area (Å²) in [6.07, 6.45) is 0.770. The zero-order chi connectivity index (χ0) is 20.0. The van der Waals surface area contributed by atoms with Gasteiger partial charge in [0.15, 0.2) is 11.5 Å². The molecule has 0 bridgehead atoms. The van der Waals surface area contributed by atoms with E-state index in [1.807, 2.05) is 48.2 Å². The number of benzene rings is 2. The fourth-order valence-corrected chi connectivity index (χ4v) is 4.09. The Morgan fingerprint density at radius 2 is 1.61 bits per heavy atom. The molecule has 0 saturated heterocycles. The molecule has 0 amide bonds. The van der Waals surface area contributed by atoms with E-state index in [1.165, 1.54) is 5.56 Å². The molecule has 4 rings (SSSR count). The number of anilines is 1. The van der Waals surface area contributed by atoms with Gasteiger partial charge < -0.3 is 14.4 Å². The van der Waals surface area contributed by atoms with E-state index < -0.39 is 10.9 Å². The molecular formula is C23H23NO4. The third kappa shape index (κ3) is 2.70. The van der Waals surface area contributed by atoms with E-state index >= 15 is 0 Å². The zero-order valence-corrected chi connectivity index (χ0v) is 16.5. The molecule has 1 heterocycles.